The normalized spacial score (nSPS) is 32.3. The molecule has 1 rings (SSSR count). The van der Waals surface area contributed by atoms with E-state index in [1.165, 1.54) is 5.57 Å². The first-order chi connectivity index (χ1) is 4.70. The van der Waals surface area contributed by atoms with Crippen LogP contribution in [0.5, 0.6) is 0 Å². The number of aliphatic hydroxyl groups excluding tert-OH is 1. The number of hydrogen-bond donors (Lipinski definition) is 1. The molecule has 0 bridgehead atoms. The lowest BCUT2D eigenvalue weighted by Crippen LogP contribution is -2.15. The lowest BCUT2D eigenvalue weighted by atomic mass is 10.0. The molecule has 0 saturated carbocycles. The average molecular weight is 142 g/mol. The van der Waals surface area contributed by atoms with Crippen molar-refractivity contribution in [1.82, 2.24) is 0 Å². The molecule has 10 heavy (non-hydrogen) atoms. The van der Waals surface area contributed by atoms with Gasteiger partial charge in [-0.15, -0.1) is 0 Å². The highest BCUT2D eigenvalue weighted by Gasteiger charge is 2.23. The maximum absolute atomic E-state index is 9.27. The van der Waals surface area contributed by atoms with E-state index in [0.29, 0.717) is 13.2 Å². The van der Waals surface area contributed by atoms with E-state index in [1.807, 2.05) is 13.8 Å². The summed E-state index contributed by atoms with van der Waals surface area (Å²) < 4.78 is 5.08. The van der Waals surface area contributed by atoms with Crippen LogP contribution in [0.15, 0.2) is 11.6 Å². The van der Waals surface area contributed by atoms with Crippen LogP contribution in [0.3, 0.4) is 0 Å². The minimum absolute atomic E-state index is 0.227. The molecule has 1 N–H and O–H groups in total. The summed E-state index contributed by atoms with van der Waals surface area (Å²) in [5.74, 6) is 0.227. The Hall–Kier alpha value is -0.340. The van der Waals surface area contributed by atoms with Crippen LogP contribution in [0.2, 0.25) is 0 Å². The summed E-state index contributed by atoms with van der Waals surface area (Å²) >= 11 is 0. The lowest BCUT2D eigenvalue weighted by molar-refractivity contribution is 0.123. The van der Waals surface area contributed by atoms with Gasteiger partial charge in [-0.2, -0.15) is 0 Å². The molecule has 0 spiro atoms. The van der Waals surface area contributed by atoms with Gasteiger partial charge in [0.15, 0.2) is 0 Å². The van der Waals surface area contributed by atoms with Gasteiger partial charge >= 0.3 is 0 Å². The van der Waals surface area contributed by atoms with Gasteiger partial charge in [0.2, 0.25) is 0 Å². The van der Waals surface area contributed by atoms with Crippen LogP contribution >= 0.6 is 0 Å². The van der Waals surface area contributed by atoms with E-state index in [4.69, 9.17) is 4.74 Å². The first-order valence-corrected chi connectivity index (χ1v) is 3.61. The summed E-state index contributed by atoms with van der Waals surface area (Å²) in [6.45, 7) is 5.23. The van der Waals surface area contributed by atoms with E-state index >= 15 is 0 Å². The zero-order chi connectivity index (χ0) is 7.56. The summed E-state index contributed by atoms with van der Waals surface area (Å²) in [7, 11) is 0. The number of aliphatic hydroxyl groups is 1. The molecule has 1 heterocycles. The van der Waals surface area contributed by atoms with Gasteiger partial charge in [-0.3, -0.25) is 0 Å². The van der Waals surface area contributed by atoms with E-state index in [2.05, 4.69) is 6.08 Å². The first-order valence-electron chi connectivity index (χ1n) is 3.61. The second kappa shape index (κ2) is 3.17. The van der Waals surface area contributed by atoms with E-state index in [9.17, 15) is 5.11 Å². The molecular weight excluding hydrogens is 128 g/mol. The van der Waals surface area contributed by atoms with E-state index in [1.54, 1.807) is 0 Å². The summed E-state index contributed by atoms with van der Waals surface area (Å²) in [5, 5.41) is 9.27. The summed E-state index contributed by atoms with van der Waals surface area (Å²) in [4.78, 5) is 0. The molecule has 0 aromatic heterocycles. The molecule has 2 atom stereocenters. The molecule has 0 aromatic carbocycles. The Morgan fingerprint density at radius 1 is 1.50 bits per heavy atom. The van der Waals surface area contributed by atoms with Crippen molar-refractivity contribution in [3.05, 3.63) is 11.6 Å². The van der Waals surface area contributed by atoms with Crippen molar-refractivity contribution in [2.75, 3.05) is 13.2 Å². The van der Waals surface area contributed by atoms with Crippen LogP contribution in [0.1, 0.15) is 13.8 Å². The van der Waals surface area contributed by atoms with Crippen molar-refractivity contribution >= 4 is 0 Å². The number of ether oxygens (including phenoxy) is 1. The monoisotopic (exact) mass is 142 g/mol. The van der Waals surface area contributed by atoms with E-state index in [-0.39, 0.29) is 12.0 Å². The van der Waals surface area contributed by atoms with Crippen molar-refractivity contribution in [2.45, 2.75) is 20.0 Å². The third-order valence-electron chi connectivity index (χ3n) is 1.64. The highest BCUT2D eigenvalue weighted by molar-refractivity contribution is 5.01. The second-order valence-electron chi connectivity index (χ2n) is 3.01. The molecule has 0 amide bonds. The van der Waals surface area contributed by atoms with Gasteiger partial charge in [0.1, 0.15) is 0 Å². The van der Waals surface area contributed by atoms with Crippen LogP contribution in [-0.2, 0) is 4.74 Å². The van der Waals surface area contributed by atoms with Gasteiger partial charge in [0.05, 0.1) is 19.3 Å². The van der Waals surface area contributed by atoms with Crippen LogP contribution in [-0.4, -0.2) is 24.4 Å². The van der Waals surface area contributed by atoms with Crippen molar-refractivity contribution in [1.29, 1.82) is 0 Å². The third kappa shape index (κ3) is 1.82. The van der Waals surface area contributed by atoms with E-state index in [0.717, 1.165) is 0 Å². The molecule has 2 nitrogen and oxygen atoms in total. The molecule has 0 aromatic rings. The van der Waals surface area contributed by atoms with Crippen LogP contribution < -0.4 is 0 Å². The molecule has 2 heteroatoms. The Morgan fingerprint density at radius 3 is 2.60 bits per heavy atom. The average Bonchev–Trinajstić information content (AvgIpc) is 2.15. The molecule has 2 unspecified atom stereocenters. The van der Waals surface area contributed by atoms with Gasteiger partial charge in [0.25, 0.3) is 0 Å². The van der Waals surface area contributed by atoms with Gasteiger partial charge in [-0.1, -0.05) is 11.6 Å². The molecule has 1 fully saturated rings. The number of hydrogen-bond acceptors (Lipinski definition) is 2. The van der Waals surface area contributed by atoms with Crippen LogP contribution in [0.4, 0.5) is 0 Å². The topological polar surface area (TPSA) is 29.5 Å². The largest absolute Gasteiger partial charge is 0.390 e. The van der Waals surface area contributed by atoms with Gasteiger partial charge in [0, 0.05) is 5.92 Å². The molecule has 0 aliphatic carbocycles. The Balaban J connectivity index is 2.48. The highest BCUT2D eigenvalue weighted by atomic mass is 16.5. The smallest absolute Gasteiger partial charge is 0.0858 e. The standard InChI is InChI=1S/C8H14O2/c1-6(2)3-7-4-10-5-8(7)9/h3,7-9H,4-5H2,1-2H3. The molecule has 58 valence electrons. The van der Waals surface area contributed by atoms with Crippen molar-refractivity contribution < 1.29 is 9.84 Å². The number of allylic oxidation sites excluding steroid dienone is 1. The van der Waals surface area contributed by atoms with Crippen LogP contribution in [0, 0.1) is 5.92 Å². The molecule has 1 aliphatic rings. The molecule has 1 aliphatic heterocycles. The van der Waals surface area contributed by atoms with Crippen molar-refractivity contribution in [2.24, 2.45) is 5.92 Å². The Labute approximate surface area is 61.5 Å². The Kier molecular flexibility index (Phi) is 2.46. The van der Waals surface area contributed by atoms with Gasteiger partial charge in [-0.05, 0) is 13.8 Å². The quantitative estimate of drug-likeness (QED) is 0.552. The summed E-state index contributed by atoms with van der Waals surface area (Å²) in [5.41, 5.74) is 1.24. The predicted molar refractivity (Wildman–Crippen MR) is 39.7 cm³/mol. The summed E-state index contributed by atoms with van der Waals surface area (Å²) in [6, 6.07) is 0. The van der Waals surface area contributed by atoms with Crippen LogP contribution in [0.25, 0.3) is 0 Å². The van der Waals surface area contributed by atoms with Gasteiger partial charge < -0.3 is 9.84 Å². The SMILES string of the molecule is CC(C)=CC1COCC1O. The zero-order valence-corrected chi connectivity index (χ0v) is 6.50. The molecule has 1 saturated heterocycles. The predicted octanol–water partition coefficient (Wildman–Crippen LogP) is 0.960. The minimum atomic E-state index is -0.283. The van der Waals surface area contributed by atoms with Crippen molar-refractivity contribution in [3.63, 3.8) is 0 Å². The maximum atomic E-state index is 9.27. The summed E-state index contributed by atoms with van der Waals surface area (Å²) in [6.07, 6.45) is 1.78. The van der Waals surface area contributed by atoms with E-state index < -0.39 is 0 Å². The lowest BCUT2D eigenvalue weighted by Gasteiger charge is -2.06. The Bertz CT molecular complexity index is 136. The van der Waals surface area contributed by atoms with Gasteiger partial charge in [-0.25, -0.2) is 0 Å². The highest BCUT2D eigenvalue weighted by Crippen LogP contribution is 2.16. The fourth-order valence-corrected chi connectivity index (χ4v) is 1.15. The second-order valence-corrected chi connectivity index (χ2v) is 3.01. The fraction of sp³-hybridized carbons (Fsp3) is 0.750. The fourth-order valence-electron chi connectivity index (χ4n) is 1.15. The minimum Gasteiger partial charge on any atom is -0.390 e. The van der Waals surface area contributed by atoms with Crippen molar-refractivity contribution in [3.8, 4) is 0 Å². The Morgan fingerprint density at radius 2 is 2.20 bits per heavy atom. The first kappa shape index (κ1) is 7.76. The molecular formula is C8H14O2. The third-order valence-corrected chi connectivity index (χ3v) is 1.64. The maximum Gasteiger partial charge on any atom is 0.0858 e. The zero-order valence-electron chi connectivity index (χ0n) is 6.50. The number of rotatable bonds is 1. The molecule has 0 radical (unpaired) electrons.